The zero-order valence-corrected chi connectivity index (χ0v) is 9.62. The molecule has 0 bridgehead atoms. The van der Waals surface area contributed by atoms with Gasteiger partial charge >= 0.3 is 16.7 Å². The van der Waals surface area contributed by atoms with Gasteiger partial charge < -0.3 is 0 Å². The molecule has 16 heavy (non-hydrogen) atoms. The molecule has 0 aliphatic rings. The van der Waals surface area contributed by atoms with Crippen LogP contribution >= 0.6 is 34.8 Å². The van der Waals surface area contributed by atoms with Crippen molar-refractivity contribution in [2.75, 3.05) is 0 Å². The first-order valence-electron chi connectivity index (χ1n) is 3.54. The van der Waals surface area contributed by atoms with E-state index in [4.69, 9.17) is 0 Å². The van der Waals surface area contributed by atoms with Crippen molar-refractivity contribution in [3.8, 4) is 0 Å². The number of halogens is 10. The lowest BCUT2D eigenvalue weighted by Gasteiger charge is -2.36. The van der Waals surface area contributed by atoms with Crippen molar-refractivity contribution in [2.45, 2.75) is 28.7 Å². The highest BCUT2D eigenvalue weighted by atomic mass is 35.5. The van der Waals surface area contributed by atoms with E-state index in [0.717, 1.165) is 0 Å². The molecular formula is C6H4Cl3F7. The largest absolute Gasteiger partial charge is 0.396 e. The van der Waals surface area contributed by atoms with Crippen LogP contribution < -0.4 is 0 Å². The fraction of sp³-hybridized carbons (Fsp3) is 1.00. The molecule has 0 rings (SSSR count). The molecule has 0 aromatic heterocycles. The van der Waals surface area contributed by atoms with Crippen molar-refractivity contribution in [3.05, 3.63) is 0 Å². The van der Waals surface area contributed by atoms with Gasteiger partial charge in [0.1, 0.15) is 5.92 Å². The van der Waals surface area contributed by atoms with Crippen LogP contribution in [0.15, 0.2) is 0 Å². The third-order valence-corrected chi connectivity index (χ3v) is 3.36. The average molecular weight is 315 g/mol. The van der Waals surface area contributed by atoms with Gasteiger partial charge in [-0.3, -0.25) is 0 Å². The van der Waals surface area contributed by atoms with E-state index in [1.165, 1.54) is 0 Å². The molecule has 3 atom stereocenters. The van der Waals surface area contributed by atoms with Crippen molar-refractivity contribution in [1.29, 1.82) is 0 Å². The molecule has 0 nitrogen and oxygen atoms in total. The number of alkyl halides is 10. The van der Waals surface area contributed by atoms with Crippen LogP contribution in [-0.4, -0.2) is 21.8 Å². The summed E-state index contributed by atoms with van der Waals surface area (Å²) in [5, 5.41) is -14.6. The number of hydrogen-bond acceptors (Lipinski definition) is 0. The quantitative estimate of drug-likeness (QED) is 0.517. The van der Waals surface area contributed by atoms with Gasteiger partial charge in [-0.25, -0.2) is 8.78 Å². The first-order chi connectivity index (χ1) is 6.65. The minimum atomic E-state index is -5.36. The average Bonchev–Trinajstić information content (AvgIpc) is 1.98. The summed E-state index contributed by atoms with van der Waals surface area (Å²) in [4.78, 5) is 0. The monoisotopic (exact) mass is 314 g/mol. The van der Waals surface area contributed by atoms with E-state index < -0.39 is 27.7 Å². The van der Waals surface area contributed by atoms with Crippen LogP contribution in [0.4, 0.5) is 30.7 Å². The van der Waals surface area contributed by atoms with E-state index in [1.807, 2.05) is 0 Å². The lowest BCUT2D eigenvalue weighted by atomic mass is 10.00. The third-order valence-electron chi connectivity index (χ3n) is 1.81. The second-order valence-electron chi connectivity index (χ2n) is 2.96. The van der Waals surface area contributed by atoms with E-state index in [0.29, 0.717) is 0 Å². The smallest absolute Gasteiger partial charge is 0.220 e. The molecule has 0 heterocycles. The van der Waals surface area contributed by atoms with Crippen LogP contribution in [0.2, 0.25) is 0 Å². The fourth-order valence-electron chi connectivity index (χ4n) is 0.666. The summed E-state index contributed by atoms with van der Waals surface area (Å²) >= 11 is 12.9. The summed E-state index contributed by atoms with van der Waals surface area (Å²) in [5.74, 6) is -3.28. The molecule has 0 aliphatic carbocycles. The molecule has 0 aliphatic heterocycles. The summed E-state index contributed by atoms with van der Waals surface area (Å²) in [6.07, 6.45) is -5.36. The minimum Gasteiger partial charge on any atom is -0.220 e. The molecule has 0 spiro atoms. The van der Waals surface area contributed by atoms with E-state index >= 15 is 0 Å². The van der Waals surface area contributed by atoms with Crippen molar-refractivity contribution >= 4 is 34.8 Å². The molecule has 10 heteroatoms. The molecule has 0 fully saturated rings. The Morgan fingerprint density at radius 1 is 0.812 bits per heavy atom. The van der Waals surface area contributed by atoms with Gasteiger partial charge in [0.2, 0.25) is 5.13 Å². The van der Waals surface area contributed by atoms with Crippen LogP contribution in [0.5, 0.6) is 0 Å². The Morgan fingerprint density at radius 2 is 1.12 bits per heavy atom. The van der Waals surface area contributed by atoms with Crippen LogP contribution in [0.25, 0.3) is 0 Å². The normalized spacial score (nSPS) is 23.4. The molecule has 0 saturated carbocycles. The number of rotatable bonds is 3. The maximum atomic E-state index is 13.2. The van der Waals surface area contributed by atoms with E-state index in [1.54, 1.807) is 0 Å². The van der Waals surface area contributed by atoms with Gasteiger partial charge in [0.15, 0.2) is 0 Å². The summed E-state index contributed by atoms with van der Waals surface area (Å²) in [7, 11) is 0. The molecule has 3 unspecified atom stereocenters. The van der Waals surface area contributed by atoms with Crippen molar-refractivity contribution in [3.63, 3.8) is 0 Å². The summed E-state index contributed by atoms with van der Waals surface area (Å²) in [6, 6.07) is 0. The molecule has 0 aromatic carbocycles. The number of hydrogen-bond donors (Lipinski definition) is 0. The third kappa shape index (κ3) is 2.79. The second kappa shape index (κ2) is 4.24. The van der Waals surface area contributed by atoms with Gasteiger partial charge in [0, 0.05) is 0 Å². The van der Waals surface area contributed by atoms with Gasteiger partial charge in [-0.2, -0.15) is 22.0 Å². The summed E-state index contributed by atoms with van der Waals surface area (Å²) < 4.78 is 87.0. The van der Waals surface area contributed by atoms with Crippen LogP contribution in [0, 0.1) is 5.92 Å². The molecular weight excluding hydrogens is 311 g/mol. The maximum Gasteiger partial charge on any atom is 0.396 e. The van der Waals surface area contributed by atoms with Crippen molar-refractivity contribution in [2.24, 2.45) is 5.92 Å². The molecule has 0 aromatic rings. The van der Waals surface area contributed by atoms with Crippen LogP contribution in [0.1, 0.15) is 6.92 Å². The maximum absolute atomic E-state index is 13.2. The molecule has 0 saturated heterocycles. The summed E-state index contributed by atoms with van der Waals surface area (Å²) in [6.45, 7) is 0.0618. The fourth-order valence-corrected chi connectivity index (χ4v) is 1.26. The van der Waals surface area contributed by atoms with Gasteiger partial charge in [-0.15, -0.1) is 0 Å². The highest BCUT2D eigenvalue weighted by molar-refractivity contribution is 6.38. The van der Waals surface area contributed by atoms with Crippen molar-refractivity contribution < 1.29 is 30.7 Å². The highest BCUT2D eigenvalue weighted by Gasteiger charge is 2.72. The summed E-state index contributed by atoms with van der Waals surface area (Å²) in [5.41, 5.74) is 0. The molecule has 0 amide bonds. The van der Waals surface area contributed by atoms with Crippen LogP contribution in [-0.2, 0) is 0 Å². The van der Waals surface area contributed by atoms with Gasteiger partial charge in [-0.05, 0) is 18.5 Å². The van der Waals surface area contributed by atoms with E-state index in [9.17, 15) is 30.7 Å². The van der Waals surface area contributed by atoms with Crippen molar-refractivity contribution in [1.82, 2.24) is 0 Å². The van der Waals surface area contributed by atoms with E-state index in [2.05, 4.69) is 34.8 Å². The lowest BCUT2D eigenvalue weighted by molar-refractivity contribution is -0.215. The topological polar surface area (TPSA) is 0 Å². The van der Waals surface area contributed by atoms with Crippen LogP contribution in [0.3, 0.4) is 0 Å². The molecule has 0 N–H and O–H groups in total. The molecule has 0 radical (unpaired) electrons. The predicted molar refractivity (Wildman–Crippen MR) is 45.4 cm³/mol. The predicted octanol–water partition coefficient (Wildman–Crippen LogP) is 4.83. The van der Waals surface area contributed by atoms with Gasteiger partial charge in [-0.1, -0.05) is 23.2 Å². The zero-order valence-electron chi connectivity index (χ0n) is 7.36. The Labute approximate surface area is 101 Å². The minimum absolute atomic E-state index is 0.0618. The Kier molecular flexibility index (Phi) is 4.34. The highest BCUT2D eigenvalue weighted by Crippen LogP contribution is 2.56. The Morgan fingerprint density at radius 3 is 1.31 bits per heavy atom. The first kappa shape index (κ1) is 16.4. The first-order valence-corrected chi connectivity index (χ1v) is 4.68. The van der Waals surface area contributed by atoms with Gasteiger partial charge in [0.05, 0.1) is 0 Å². The Hall–Kier alpha value is 0.380. The Balaban J connectivity index is 5.37. The zero-order chi connectivity index (χ0) is 13.6. The molecule has 98 valence electrons. The SMILES string of the molecule is CC(C(F)(F)F)C(F)(Cl)C(F)(Cl)C(F)(F)Cl. The second-order valence-corrected chi connectivity index (χ2v) is 4.50. The Bertz CT molecular complexity index is 254. The van der Waals surface area contributed by atoms with E-state index in [-0.39, 0.29) is 6.92 Å². The lowest BCUT2D eigenvalue weighted by Crippen LogP contribution is -2.56. The standard InChI is InChI=1S/C6H4Cl3F7/c1-2(4(11,12)13)3(7,10)5(8,14)6(9,15)16/h2H,1H3. The van der Waals surface area contributed by atoms with Gasteiger partial charge in [0.25, 0.3) is 0 Å².